The quantitative estimate of drug-likeness (QED) is 0.928. The van der Waals surface area contributed by atoms with Crippen LogP contribution < -0.4 is 10.2 Å². The van der Waals surface area contributed by atoms with Gasteiger partial charge in [0.15, 0.2) is 5.69 Å². The predicted octanol–water partition coefficient (Wildman–Crippen LogP) is 1.91. The van der Waals surface area contributed by atoms with Crippen molar-refractivity contribution in [3.05, 3.63) is 41.2 Å². The maximum Gasteiger partial charge on any atom is 0.276 e. The highest BCUT2D eigenvalue weighted by atomic mass is 16.2. The van der Waals surface area contributed by atoms with Crippen LogP contribution in [0.3, 0.4) is 0 Å². The van der Waals surface area contributed by atoms with Crippen molar-refractivity contribution in [2.45, 2.75) is 19.3 Å². The van der Waals surface area contributed by atoms with Gasteiger partial charge in [-0.2, -0.15) is 5.10 Å². The summed E-state index contributed by atoms with van der Waals surface area (Å²) in [5, 5.41) is 7.42. The number of aromatic nitrogens is 2. The normalized spacial score (nSPS) is 17.6. The minimum atomic E-state index is -0.105. The Hall–Kier alpha value is -2.34. The SMILES string of the molecule is CN1CCN(c2ccc(NC(=O)c3nn(C)c4c3CCC4)cc2)CC1. The minimum Gasteiger partial charge on any atom is -0.369 e. The number of amides is 1. The highest BCUT2D eigenvalue weighted by Crippen LogP contribution is 2.26. The Bertz CT molecular complexity index is 772. The second kappa shape index (κ2) is 6.52. The third-order valence-electron chi connectivity index (χ3n) is 5.32. The fourth-order valence-corrected chi connectivity index (χ4v) is 3.80. The number of piperazine rings is 1. The molecule has 0 bridgehead atoms. The highest BCUT2D eigenvalue weighted by molar-refractivity contribution is 6.04. The van der Waals surface area contributed by atoms with Crippen LogP contribution >= 0.6 is 0 Å². The van der Waals surface area contributed by atoms with Gasteiger partial charge >= 0.3 is 0 Å². The zero-order chi connectivity index (χ0) is 17.4. The summed E-state index contributed by atoms with van der Waals surface area (Å²) in [5.74, 6) is -0.105. The average molecular weight is 339 g/mol. The Labute approximate surface area is 148 Å². The van der Waals surface area contributed by atoms with E-state index in [-0.39, 0.29) is 5.91 Å². The third-order valence-corrected chi connectivity index (χ3v) is 5.32. The summed E-state index contributed by atoms with van der Waals surface area (Å²) in [7, 11) is 4.08. The Kier molecular flexibility index (Phi) is 4.21. The molecule has 1 fully saturated rings. The molecule has 1 aromatic carbocycles. The van der Waals surface area contributed by atoms with E-state index >= 15 is 0 Å². The second-order valence-corrected chi connectivity index (χ2v) is 7.04. The number of benzene rings is 1. The van der Waals surface area contributed by atoms with Gasteiger partial charge in [0, 0.05) is 55.9 Å². The summed E-state index contributed by atoms with van der Waals surface area (Å²) in [6.45, 7) is 4.26. The molecule has 0 spiro atoms. The average Bonchev–Trinajstić information content (AvgIpc) is 3.21. The summed E-state index contributed by atoms with van der Waals surface area (Å²) in [4.78, 5) is 17.3. The fraction of sp³-hybridized carbons (Fsp3) is 0.474. The van der Waals surface area contributed by atoms with E-state index in [9.17, 15) is 4.79 Å². The number of likely N-dealkylation sites (N-methyl/N-ethyl adjacent to an activating group) is 1. The Morgan fingerprint density at radius 2 is 1.76 bits per heavy atom. The summed E-state index contributed by atoms with van der Waals surface area (Å²) in [6.07, 6.45) is 3.08. The fourth-order valence-electron chi connectivity index (χ4n) is 3.80. The van der Waals surface area contributed by atoms with E-state index < -0.39 is 0 Å². The number of rotatable bonds is 3. The van der Waals surface area contributed by atoms with Gasteiger partial charge in [-0.15, -0.1) is 0 Å². The molecular formula is C19H25N5O. The lowest BCUT2D eigenvalue weighted by Gasteiger charge is -2.34. The van der Waals surface area contributed by atoms with Crippen molar-refractivity contribution in [3.8, 4) is 0 Å². The molecule has 0 unspecified atom stereocenters. The molecule has 25 heavy (non-hydrogen) atoms. The maximum atomic E-state index is 12.6. The molecule has 1 saturated heterocycles. The number of fused-ring (bicyclic) bond motifs is 1. The molecule has 132 valence electrons. The van der Waals surface area contributed by atoms with Crippen molar-refractivity contribution < 1.29 is 4.79 Å². The molecule has 2 aliphatic rings. The Morgan fingerprint density at radius 1 is 1.04 bits per heavy atom. The van der Waals surface area contributed by atoms with E-state index in [1.54, 1.807) is 0 Å². The number of hydrogen-bond donors (Lipinski definition) is 1. The third kappa shape index (κ3) is 3.14. The highest BCUT2D eigenvalue weighted by Gasteiger charge is 2.25. The van der Waals surface area contributed by atoms with Crippen molar-refractivity contribution >= 4 is 17.3 Å². The first-order valence-electron chi connectivity index (χ1n) is 9.01. The molecule has 1 N–H and O–H groups in total. The molecule has 2 heterocycles. The van der Waals surface area contributed by atoms with Gasteiger partial charge in [-0.25, -0.2) is 0 Å². The summed E-state index contributed by atoms with van der Waals surface area (Å²) >= 11 is 0. The number of anilines is 2. The molecule has 1 aliphatic heterocycles. The minimum absolute atomic E-state index is 0.105. The molecule has 0 saturated carbocycles. The van der Waals surface area contributed by atoms with Gasteiger partial charge in [-0.05, 0) is 50.6 Å². The molecule has 4 rings (SSSR count). The van der Waals surface area contributed by atoms with E-state index in [4.69, 9.17) is 0 Å². The van der Waals surface area contributed by atoms with Crippen LogP contribution in [0.4, 0.5) is 11.4 Å². The topological polar surface area (TPSA) is 53.4 Å². The smallest absolute Gasteiger partial charge is 0.276 e. The number of carbonyl (C=O) groups excluding carboxylic acids is 1. The van der Waals surface area contributed by atoms with Crippen molar-refractivity contribution in [3.63, 3.8) is 0 Å². The van der Waals surface area contributed by atoms with Gasteiger partial charge < -0.3 is 15.1 Å². The molecule has 6 heteroatoms. The van der Waals surface area contributed by atoms with Gasteiger partial charge in [0.25, 0.3) is 5.91 Å². The van der Waals surface area contributed by atoms with Gasteiger partial charge in [-0.1, -0.05) is 0 Å². The first-order valence-corrected chi connectivity index (χ1v) is 9.01. The molecule has 0 radical (unpaired) electrons. The van der Waals surface area contributed by atoms with Crippen molar-refractivity contribution in [1.82, 2.24) is 14.7 Å². The summed E-state index contributed by atoms with van der Waals surface area (Å²) < 4.78 is 1.85. The van der Waals surface area contributed by atoms with Crippen molar-refractivity contribution in [2.24, 2.45) is 7.05 Å². The van der Waals surface area contributed by atoms with E-state index in [1.165, 1.54) is 11.4 Å². The number of aryl methyl sites for hydroxylation is 1. The lowest BCUT2D eigenvalue weighted by atomic mass is 10.2. The van der Waals surface area contributed by atoms with Crippen LogP contribution in [0.25, 0.3) is 0 Å². The Balaban J connectivity index is 1.45. The monoisotopic (exact) mass is 339 g/mol. The molecule has 6 nitrogen and oxygen atoms in total. The van der Waals surface area contributed by atoms with E-state index in [0.717, 1.165) is 56.7 Å². The zero-order valence-electron chi connectivity index (χ0n) is 15.0. The second-order valence-electron chi connectivity index (χ2n) is 7.04. The summed E-state index contributed by atoms with van der Waals surface area (Å²) in [5.41, 5.74) is 4.94. The van der Waals surface area contributed by atoms with Crippen LogP contribution in [0.1, 0.15) is 28.2 Å². The van der Waals surface area contributed by atoms with Gasteiger partial charge in [0.2, 0.25) is 0 Å². The number of hydrogen-bond acceptors (Lipinski definition) is 4. The number of nitrogens with zero attached hydrogens (tertiary/aromatic N) is 4. The van der Waals surface area contributed by atoms with Crippen LogP contribution in [-0.4, -0.2) is 53.8 Å². The first kappa shape index (κ1) is 16.1. The summed E-state index contributed by atoms with van der Waals surface area (Å²) in [6, 6.07) is 8.14. The zero-order valence-corrected chi connectivity index (χ0v) is 15.0. The number of nitrogens with one attached hydrogen (secondary N) is 1. The first-order chi connectivity index (χ1) is 12.1. The van der Waals surface area contributed by atoms with Crippen LogP contribution in [0.5, 0.6) is 0 Å². The molecule has 1 aromatic heterocycles. The standard InChI is InChI=1S/C19H25N5O/c1-22-10-12-24(13-11-22)15-8-6-14(7-9-15)20-19(25)18-16-4-3-5-17(16)23(2)21-18/h6-9H,3-5,10-13H2,1-2H3,(H,20,25). The van der Waals surface area contributed by atoms with Crippen LogP contribution in [-0.2, 0) is 19.9 Å². The van der Waals surface area contributed by atoms with Gasteiger partial charge in [0.05, 0.1) is 0 Å². The maximum absolute atomic E-state index is 12.6. The molecule has 0 atom stereocenters. The van der Waals surface area contributed by atoms with Crippen molar-refractivity contribution in [1.29, 1.82) is 0 Å². The predicted molar refractivity (Wildman–Crippen MR) is 99.3 cm³/mol. The molecular weight excluding hydrogens is 314 g/mol. The van der Waals surface area contributed by atoms with E-state index in [0.29, 0.717) is 5.69 Å². The van der Waals surface area contributed by atoms with E-state index in [1.807, 2.05) is 23.9 Å². The van der Waals surface area contributed by atoms with Crippen LogP contribution in [0.2, 0.25) is 0 Å². The molecule has 1 amide bonds. The molecule has 2 aromatic rings. The van der Waals surface area contributed by atoms with Crippen LogP contribution in [0, 0.1) is 0 Å². The largest absolute Gasteiger partial charge is 0.369 e. The van der Waals surface area contributed by atoms with Crippen LogP contribution in [0.15, 0.2) is 24.3 Å². The number of carbonyl (C=O) groups is 1. The molecule has 1 aliphatic carbocycles. The van der Waals surface area contributed by atoms with Gasteiger partial charge in [0.1, 0.15) is 0 Å². The van der Waals surface area contributed by atoms with E-state index in [2.05, 4.69) is 39.4 Å². The van der Waals surface area contributed by atoms with Crippen molar-refractivity contribution in [2.75, 3.05) is 43.4 Å². The Morgan fingerprint density at radius 3 is 2.48 bits per heavy atom. The lowest BCUT2D eigenvalue weighted by Crippen LogP contribution is -2.44. The van der Waals surface area contributed by atoms with Gasteiger partial charge in [-0.3, -0.25) is 9.48 Å². The lowest BCUT2D eigenvalue weighted by molar-refractivity contribution is 0.102.